The monoisotopic (exact) mass is 393 g/mol. The van der Waals surface area contributed by atoms with E-state index in [2.05, 4.69) is 29.3 Å². The summed E-state index contributed by atoms with van der Waals surface area (Å²) in [5, 5.41) is 4.09. The van der Waals surface area contributed by atoms with Gasteiger partial charge in [0.1, 0.15) is 15.7 Å². The van der Waals surface area contributed by atoms with Crippen molar-refractivity contribution in [1.29, 1.82) is 0 Å². The van der Waals surface area contributed by atoms with Crippen LogP contribution in [-0.4, -0.2) is 45.0 Å². The average molecular weight is 394 g/mol. The predicted octanol–water partition coefficient (Wildman–Crippen LogP) is 2.60. The van der Waals surface area contributed by atoms with Gasteiger partial charge < -0.3 is 4.40 Å². The highest BCUT2D eigenvalue weighted by molar-refractivity contribution is 7.89. The van der Waals surface area contributed by atoms with Gasteiger partial charge in [-0.1, -0.05) is 11.6 Å². The molecule has 9 heteroatoms. The number of nitrogens with zero attached hydrogens (tertiary/aromatic N) is 5. The number of halogens is 1. The topological polar surface area (TPSA) is 72.5 Å². The van der Waals surface area contributed by atoms with Gasteiger partial charge in [-0.05, 0) is 42.9 Å². The van der Waals surface area contributed by atoms with Crippen LogP contribution in [0.2, 0.25) is 5.15 Å². The van der Waals surface area contributed by atoms with Crippen LogP contribution in [0.15, 0.2) is 35.7 Å². The van der Waals surface area contributed by atoms with Crippen LogP contribution in [0.25, 0.3) is 5.65 Å². The molecule has 0 aromatic carbocycles. The lowest BCUT2D eigenvalue weighted by atomic mass is 9.89. The van der Waals surface area contributed by atoms with Crippen molar-refractivity contribution in [3.05, 3.63) is 47.1 Å². The molecule has 0 atom stereocenters. The van der Waals surface area contributed by atoms with E-state index < -0.39 is 10.0 Å². The summed E-state index contributed by atoms with van der Waals surface area (Å²) < 4.78 is 30.6. The third-order valence-electron chi connectivity index (χ3n) is 5.12. The molecule has 1 saturated heterocycles. The van der Waals surface area contributed by atoms with Crippen molar-refractivity contribution >= 4 is 27.3 Å². The molecule has 0 amide bonds. The van der Waals surface area contributed by atoms with Gasteiger partial charge in [0.15, 0.2) is 0 Å². The summed E-state index contributed by atoms with van der Waals surface area (Å²) >= 11 is 6.09. The minimum atomic E-state index is -3.61. The van der Waals surface area contributed by atoms with Gasteiger partial charge in [-0.15, -0.1) is 0 Å². The van der Waals surface area contributed by atoms with Crippen molar-refractivity contribution in [1.82, 2.24) is 23.5 Å². The fourth-order valence-electron chi connectivity index (χ4n) is 3.62. The molecule has 4 heterocycles. The maximum Gasteiger partial charge on any atom is 0.247 e. The van der Waals surface area contributed by atoms with Crippen LogP contribution in [0.1, 0.15) is 29.9 Å². The maximum atomic E-state index is 12.8. The van der Waals surface area contributed by atoms with E-state index >= 15 is 0 Å². The maximum absolute atomic E-state index is 12.8. The standard InChI is InChI=1S/C17H20ClN5O2S/c1-12-9-16-19-5-8-22(16)11-14(12)13-3-6-23(7-4-13)26(24,25)15-10-20-21(2)17(15)18/h5,8-11,13H,3-4,6-7H2,1-2H3. The second-order valence-electron chi connectivity index (χ2n) is 6.71. The highest BCUT2D eigenvalue weighted by Crippen LogP contribution is 2.33. The number of hydrogen-bond donors (Lipinski definition) is 0. The van der Waals surface area contributed by atoms with Crippen LogP contribution in [0.3, 0.4) is 0 Å². The first-order valence-electron chi connectivity index (χ1n) is 8.49. The number of fused-ring (bicyclic) bond motifs is 1. The molecular formula is C17H20ClN5O2S. The van der Waals surface area contributed by atoms with E-state index in [9.17, 15) is 8.42 Å². The summed E-state index contributed by atoms with van der Waals surface area (Å²) in [6.45, 7) is 3.03. The molecule has 3 aromatic heterocycles. The first-order chi connectivity index (χ1) is 12.4. The van der Waals surface area contributed by atoms with E-state index in [0.717, 1.165) is 18.5 Å². The zero-order chi connectivity index (χ0) is 18.5. The van der Waals surface area contributed by atoms with Crippen molar-refractivity contribution < 1.29 is 8.42 Å². The molecule has 1 aliphatic heterocycles. The third-order valence-corrected chi connectivity index (χ3v) is 7.58. The van der Waals surface area contributed by atoms with Gasteiger partial charge in [0.25, 0.3) is 0 Å². The summed E-state index contributed by atoms with van der Waals surface area (Å²) in [5.41, 5.74) is 3.38. The Morgan fingerprint density at radius 2 is 2.00 bits per heavy atom. The number of rotatable bonds is 3. The molecule has 26 heavy (non-hydrogen) atoms. The Hall–Kier alpha value is -1.90. The second kappa shape index (κ2) is 6.37. The summed E-state index contributed by atoms with van der Waals surface area (Å²) in [7, 11) is -1.98. The molecule has 7 nitrogen and oxygen atoms in total. The first-order valence-corrected chi connectivity index (χ1v) is 10.3. The molecule has 4 rings (SSSR count). The number of pyridine rings is 1. The van der Waals surface area contributed by atoms with Gasteiger partial charge in [0.2, 0.25) is 10.0 Å². The molecule has 138 valence electrons. The Morgan fingerprint density at radius 3 is 2.65 bits per heavy atom. The summed E-state index contributed by atoms with van der Waals surface area (Å²) in [6.07, 6.45) is 8.70. The van der Waals surface area contributed by atoms with E-state index in [1.54, 1.807) is 13.2 Å². The second-order valence-corrected chi connectivity index (χ2v) is 8.97. The van der Waals surface area contributed by atoms with Crippen LogP contribution >= 0.6 is 11.6 Å². The van der Waals surface area contributed by atoms with Crippen molar-refractivity contribution in [2.45, 2.75) is 30.6 Å². The number of piperidine rings is 1. The zero-order valence-electron chi connectivity index (χ0n) is 14.6. The Labute approximate surface area is 157 Å². The van der Waals surface area contributed by atoms with Gasteiger partial charge in [0.05, 0.1) is 6.20 Å². The summed E-state index contributed by atoms with van der Waals surface area (Å²) in [5.74, 6) is 0.331. The first kappa shape index (κ1) is 17.5. The van der Waals surface area contributed by atoms with Gasteiger partial charge in [0, 0.05) is 38.7 Å². The highest BCUT2D eigenvalue weighted by Gasteiger charge is 2.33. The number of aromatic nitrogens is 4. The molecule has 0 radical (unpaired) electrons. The van der Waals surface area contributed by atoms with Gasteiger partial charge in [-0.2, -0.15) is 9.40 Å². The highest BCUT2D eigenvalue weighted by atomic mass is 35.5. The van der Waals surface area contributed by atoms with Gasteiger partial charge in [-0.3, -0.25) is 4.68 Å². The predicted molar refractivity (Wildman–Crippen MR) is 98.9 cm³/mol. The Bertz CT molecular complexity index is 1060. The Kier molecular flexibility index (Phi) is 4.29. The van der Waals surface area contributed by atoms with E-state index in [0.29, 0.717) is 19.0 Å². The summed E-state index contributed by atoms with van der Waals surface area (Å²) in [6, 6.07) is 2.08. The van der Waals surface area contributed by atoms with Gasteiger partial charge >= 0.3 is 0 Å². The molecular weight excluding hydrogens is 374 g/mol. The minimum absolute atomic E-state index is 0.0798. The lowest BCUT2D eigenvalue weighted by Crippen LogP contribution is -2.38. The fourth-order valence-corrected chi connectivity index (χ4v) is 5.50. The molecule has 0 N–H and O–H groups in total. The smallest absolute Gasteiger partial charge is 0.247 e. The van der Waals surface area contributed by atoms with Crippen LogP contribution in [0, 0.1) is 6.92 Å². The fraction of sp³-hybridized carbons (Fsp3) is 0.412. The largest absolute Gasteiger partial charge is 0.307 e. The number of aryl methyl sites for hydroxylation is 2. The quantitative estimate of drug-likeness (QED) is 0.685. The normalized spacial score (nSPS) is 17.2. The lowest BCUT2D eigenvalue weighted by molar-refractivity contribution is 0.318. The van der Waals surface area contributed by atoms with E-state index in [4.69, 9.17) is 11.6 Å². The SMILES string of the molecule is Cc1cc2nccn2cc1C1CCN(S(=O)(=O)c2cnn(C)c2Cl)CC1. The average Bonchev–Trinajstić information content (AvgIpc) is 3.21. The Morgan fingerprint density at radius 1 is 1.27 bits per heavy atom. The van der Waals surface area contributed by atoms with Crippen molar-refractivity contribution in [2.24, 2.45) is 7.05 Å². The molecule has 1 aliphatic rings. The molecule has 0 unspecified atom stereocenters. The van der Waals surface area contributed by atoms with Crippen LogP contribution < -0.4 is 0 Å². The molecule has 0 aliphatic carbocycles. The minimum Gasteiger partial charge on any atom is -0.307 e. The van der Waals surface area contributed by atoms with Crippen LogP contribution in [0.4, 0.5) is 0 Å². The van der Waals surface area contributed by atoms with Crippen LogP contribution in [-0.2, 0) is 17.1 Å². The van der Waals surface area contributed by atoms with Gasteiger partial charge in [-0.25, -0.2) is 13.4 Å². The summed E-state index contributed by atoms with van der Waals surface area (Å²) in [4.78, 5) is 4.39. The van der Waals surface area contributed by atoms with Crippen molar-refractivity contribution in [3.63, 3.8) is 0 Å². The molecule has 3 aromatic rings. The van der Waals surface area contributed by atoms with E-state index in [1.807, 2.05) is 10.6 Å². The third kappa shape index (κ3) is 2.82. The Balaban J connectivity index is 1.55. The van der Waals surface area contributed by atoms with E-state index in [1.165, 1.54) is 26.3 Å². The van der Waals surface area contributed by atoms with E-state index in [-0.39, 0.29) is 10.0 Å². The van der Waals surface area contributed by atoms with Crippen LogP contribution in [0.5, 0.6) is 0 Å². The molecule has 0 spiro atoms. The zero-order valence-corrected chi connectivity index (χ0v) is 16.2. The van der Waals surface area contributed by atoms with Crippen molar-refractivity contribution in [2.75, 3.05) is 13.1 Å². The number of sulfonamides is 1. The number of imidazole rings is 1. The van der Waals surface area contributed by atoms with Crippen molar-refractivity contribution in [3.8, 4) is 0 Å². The molecule has 0 bridgehead atoms. The number of hydrogen-bond acceptors (Lipinski definition) is 4. The molecule has 1 fully saturated rings. The lowest BCUT2D eigenvalue weighted by Gasteiger charge is -2.31. The molecule has 0 saturated carbocycles.